The van der Waals surface area contributed by atoms with Gasteiger partial charge in [-0.3, -0.25) is 14.9 Å². The number of hydrogen-bond donors (Lipinski definition) is 2. The van der Waals surface area contributed by atoms with Gasteiger partial charge in [0.2, 0.25) is 0 Å². The van der Waals surface area contributed by atoms with Crippen LogP contribution < -0.4 is 5.32 Å². The summed E-state index contributed by atoms with van der Waals surface area (Å²) in [6.45, 7) is 0. The van der Waals surface area contributed by atoms with Crippen LogP contribution in [0.3, 0.4) is 0 Å². The van der Waals surface area contributed by atoms with Gasteiger partial charge in [0.25, 0.3) is 5.91 Å². The molecule has 0 fully saturated rings. The highest BCUT2D eigenvalue weighted by Crippen LogP contribution is 2.23. The summed E-state index contributed by atoms with van der Waals surface area (Å²) >= 11 is 0.850. The number of carbonyl (C=O) groups excluding carboxylic acids is 1. The summed E-state index contributed by atoms with van der Waals surface area (Å²) < 4.78 is 0. The fourth-order valence-electron chi connectivity index (χ4n) is 1.34. The van der Waals surface area contributed by atoms with E-state index < -0.39 is 16.8 Å². The van der Waals surface area contributed by atoms with Gasteiger partial charge >= 0.3 is 11.0 Å². The molecule has 2 aromatic heterocycles. The maximum atomic E-state index is 11.8. The largest absolute Gasteiger partial charge is 0.477 e. The van der Waals surface area contributed by atoms with Gasteiger partial charge in [-0.05, 0) is 12.1 Å². The molecular formula is C11H7N3O5S. The van der Waals surface area contributed by atoms with E-state index in [2.05, 4.69) is 10.3 Å². The first-order valence-electron chi connectivity index (χ1n) is 5.21. The smallest absolute Gasteiger partial charge is 0.354 e. The summed E-state index contributed by atoms with van der Waals surface area (Å²) in [4.78, 5) is 36.0. The predicted molar refractivity (Wildman–Crippen MR) is 70.1 cm³/mol. The Balaban J connectivity index is 2.10. The zero-order chi connectivity index (χ0) is 14.7. The van der Waals surface area contributed by atoms with E-state index in [1.807, 2.05) is 0 Å². The van der Waals surface area contributed by atoms with Gasteiger partial charge in [-0.15, -0.1) is 0 Å². The molecule has 0 saturated heterocycles. The van der Waals surface area contributed by atoms with Crippen molar-refractivity contribution in [1.82, 2.24) is 4.98 Å². The molecule has 2 rings (SSSR count). The number of anilines is 1. The van der Waals surface area contributed by atoms with Crippen LogP contribution >= 0.6 is 11.3 Å². The third kappa shape index (κ3) is 2.95. The lowest BCUT2D eigenvalue weighted by Gasteiger charge is -2.02. The molecule has 0 aliphatic carbocycles. The number of aromatic carboxylic acids is 1. The summed E-state index contributed by atoms with van der Waals surface area (Å²) in [6, 6.07) is 3.79. The van der Waals surface area contributed by atoms with Crippen molar-refractivity contribution in [3.63, 3.8) is 0 Å². The minimum absolute atomic E-state index is 0.130. The highest BCUT2D eigenvalue weighted by Gasteiger charge is 2.15. The number of nitrogens with one attached hydrogen (secondary N) is 1. The first-order chi connectivity index (χ1) is 9.47. The molecule has 0 aromatic carbocycles. The number of rotatable bonds is 4. The Kier molecular flexibility index (Phi) is 3.71. The third-order valence-electron chi connectivity index (χ3n) is 2.27. The van der Waals surface area contributed by atoms with Crippen molar-refractivity contribution in [1.29, 1.82) is 0 Å². The molecule has 0 radical (unpaired) electrons. The lowest BCUT2D eigenvalue weighted by molar-refractivity contribution is -0.380. The van der Waals surface area contributed by atoms with Gasteiger partial charge in [0.1, 0.15) is 5.69 Å². The number of carboxylic acids is 1. The molecule has 8 nitrogen and oxygen atoms in total. The van der Waals surface area contributed by atoms with E-state index in [9.17, 15) is 19.7 Å². The van der Waals surface area contributed by atoms with Crippen LogP contribution in [0.15, 0.2) is 29.8 Å². The zero-order valence-corrected chi connectivity index (χ0v) is 10.6. The van der Waals surface area contributed by atoms with Gasteiger partial charge in [0.15, 0.2) is 0 Å². The fourth-order valence-corrected chi connectivity index (χ4v) is 2.04. The average Bonchev–Trinajstić information content (AvgIpc) is 2.89. The lowest BCUT2D eigenvalue weighted by atomic mass is 10.3. The van der Waals surface area contributed by atoms with Crippen LogP contribution in [0, 0.1) is 10.1 Å². The summed E-state index contributed by atoms with van der Waals surface area (Å²) in [5.74, 6) is -1.70. The van der Waals surface area contributed by atoms with Gasteiger partial charge < -0.3 is 10.4 Å². The second kappa shape index (κ2) is 5.45. The van der Waals surface area contributed by atoms with Crippen molar-refractivity contribution in [3.05, 3.63) is 51.1 Å². The summed E-state index contributed by atoms with van der Waals surface area (Å²) in [7, 11) is 0. The van der Waals surface area contributed by atoms with E-state index in [1.54, 1.807) is 0 Å². The van der Waals surface area contributed by atoms with E-state index in [0.717, 1.165) is 11.3 Å². The molecule has 0 unspecified atom stereocenters. The van der Waals surface area contributed by atoms with Crippen molar-refractivity contribution < 1.29 is 19.6 Å². The van der Waals surface area contributed by atoms with Crippen LogP contribution in [0.5, 0.6) is 0 Å². The normalized spacial score (nSPS) is 10.0. The maximum absolute atomic E-state index is 11.8. The monoisotopic (exact) mass is 293 g/mol. The molecule has 20 heavy (non-hydrogen) atoms. The molecule has 2 heterocycles. The third-order valence-corrected chi connectivity index (χ3v) is 3.15. The molecule has 2 aromatic rings. The van der Waals surface area contributed by atoms with E-state index in [0.29, 0.717) is 5.69 Å². The van der Waals surface area contributed by atoms with Crippen molar-refractivity contribution in [2.75, 3.05) is 5.32 Å². The van der Waals surface area contributed by atoms with Gasteiger partial charge in [-0.1, -0.05) is 11.3 Å². The second-order valence-corrected chi connectivity index (χ2v) is 4.51. The van der Waals surface area contributed by atoms with Gasteiger partial charge in [0, 0.05) is 11.4 Å². The average molecular weight is 293 g/mol. The number of amides is 1. The van der Waals surface area contributed by atoms with E-state index in [-0.39, 0.29) is 16.3 Å². The van der Waals surface area contributed by atoms with Gasteiger partial charge in [0.05, 0.1) is 22.4 Å². The molecule has 0 atom stereocenters. The number of nitro groups is 1. The van der Waals surface area contributed by atoms with Crippen molar-refractivity contribution in [2.45, 2.75) is 0 Å². The number of hydrogen-bond acceptors (Lipinski definition) is 6. The van der Waals surface area contributed by atoms with Crippen LogP contribution in [0.1, 0.15) is 20.8 Å². The maximum Gasteiger partial charge on any atom is 0.354 e. The zero-order valence-electron chi connectivity index (χ0n) is 9.77. The summed E-state index contributed by atoms with van der Waals surface area (Å²) in [5, 5.41) is 22.9. The van der Waals surface area contributed by atoms with Gasteiger partial charge in [-0.25, -0.2) is 9.78 Å². The Bertz CT molecular complexity index is 680. The molecular weight excluding hydrogens is 286 g/mol. The van der Waals surface area contributed by atoms with Crippen molar-refractivity contribution in [3.8, 4) is 0 Å². The van der Waals surface area contributed by atoms with E-state index in [1.165, 1.54) is 29.8 Å². The molecule has 0 spiro atoms. The molecule has 9 heteroatoms. The van der Waals surface area contributed by atoms with Crippen LogP contribution in [0.4, 0.5) is 10.7 Å². The van der Waals surface area contributed by atoms with Crippen LogP contribution in [-0.4, -0.2) is 26.9 Å². The summed E-state index contributed by atoms with van der Waals surface area (Å²) in [6.07, 6.45) is 1.20. The molecule has 2 N–H and O–H groups in total. The van der Waals surface area contributed by atoms with E-state index in [4.69, 9.17) is 5.11 Å². The molecule has 1 amide bonds. The van der Waals surface area contributed by atoms with Crippen molar-refractivity contribution >= 4 is 33.9 Å². The number of thiophene rings is 1. The van der Waals surface area contributed by atoms with Crippen LogP contribution in [0.2, 0.25) is 0 Å². The highest BCUT2D eigenvalue weighted by molar-refractivity contribution is 7.13. The molecule has 102 valence electrons. The van der Waals surface area contributed by atoms with Gasteiger partial charge in [-0.2, -0.15) is 0 Å². The lowest BCUT2D eigenvalue weighted by Crippen LogP contribution is -2.11. The Morgan fingerprint density at radius 2 is 2.15 bits per heavy atom. The predicted octanol–water partition coefficient (Wildman–Crippen LogP) is 2.00. The Labute approximate surface area is 115 Å². The molecule has 0 aliphatic rings. The number of aromatic nitrogens is 1. The topological polar surface area (TPSA) is 122 Å². The molecule has 0 bridgehead atoms. The number of carboxylic acid groups (broad SMARTS) is 1. The summed E-state index contributed by atoms with van der Waals surface area (Å²) in [5.41, 5.74) is 0.312. The Hall–Kier alpha value is -2.81. The Morgan fingerprint density at radius 1 is 1.40 bits per heavy atom. The second-order valence-electron chi connectivity index (χ2n) is 3.62. The standard InChI is InChI=1S/C11H7N3O5S/c15-10(6-3-9(14(18)19)20-5-6)13-7-1-2-8(11(16)17)12-4-7/h1-5H,(H,13,15)(H,16,17). The first-order valence-corrected chi connectivity index (χ1v) is 6.09. The van der Waals surface area contributed by atoms with E-state index >= 15 is 0 Å². The highest BCUT2D eigenvalue weighted by atomic mass is 32.1. The van der Waals surface area contributed by atoms with Crippen LogP contribution in [0.25, 0.3) is 0 Å². The SMILES string of the molecule is O=C(Nc1ccc(C(=O)O)nc1)c1csc([N+](=O)[O-])c1. The minimum atomic E-state index is -1.17. The Morgan fingerprint density at radius 3 is 2.65 bits per heavy atom. The van der Waals surface area contributed by atoms with Crippen LogP contribution in [-0.2, 0) is 0 Å². The fraction of sp³-hybridized carbons (Fsp3) is 0. The number of nitrogens with zero attached hydrogens (tertiary/aromatic N) is 2. The quantitative estimate of drug-likeness (QED) is 0.656. The molecule has 0 saturated carbocycles. The minimum Gasteiger partial charge on any atom is -0.477 e. The first kappa shape index (κ1) is 13.6. The molecule has 0 aliphatic heterocycles. The van der Waals surface area contributed by atoms with Crippen molar-refractivity contribution in [2.24, 2.45) is 0 Å². The number of pyridine rings is 1. The number of carbonyl (C=O) groups is 2.